The van der Waals surface area contributed by atoms with Crippen molar-refractivity contribution in [2.45, 2.75) is 6.04 Å². The largest absolute Gasteiger partial charge is 0.362 e. The number of nitrogens with zero attached hydrogens (tertiary/aromatic N) is 4. The van der Waals surface area contributed by atoms with E-state index < -0.39 is 0 Å². The van der Waals surface area contributed by atoms with Crippen LogP contribution in [0.3, 0.4) is 0 Å². The molecule has 0 bridgehead atoms. The minimum absolute atomic E-state index is 0.144. The fraction of sp³-hybridized carbons (Fsp3) is 0.222. The predicted octanol–water partition coefficient (Wildman–Crippen LogP) is 2.72. The van der Waals surface area contributed by atoms with Crippen molar-refractivity contribution in [1.29, 1.82) is 0 Å². The maximum atomic E-state index is 12.6. The van der Waals surface area contributed by atoms with Crippen LogP contribution in [-0.4, -0.2) is 40.8 Å². The number of aromatic nitrogens is 3. The first kappa shape index (κ1) is 16.1. The molecular formula is C18H20N7O+. The standard InChI is InChI=1S/C18H19N7O/c1-24(2)17-15(21-13-5-8-20-16-11(13)4-7-19-16)10-12(18(26)22-17)14-6-9-25(3)23-14/h4-10,14,23H,1-3H3,(H,19,20,22,26)/p+1. The summed E-state index contributed by atoms with van der Waals surface area (Å²) in [7, 11) is 5.63. The second-order valence-electron chi connectivity index (χ2n) is 6.41. The Kier molecular flexibility index (Phi) is 3.80. The maximum Gasteiger partial charge on any atom is 0.255 e. The van der Waals surface area contributed by atoms with E-state index in [1.807, 2.05) is 62.7 Å². The number of anilines is 3. The van der Waals surface area contributed by atoms with Gasteiger partial charge in [-0.2, -0.15) is 0 Å². The molecule has 0 saturated heterocycles. The van der Waals surface area contributed by atoms with E-state index in [4.69, 9.17) is 0 Å². The molecule has 1 aliphatic rings. The minimum Gasteiger partial charge on any atom is -0.362 e. The molecule has 4 heterocycles. The summed E-state index contributed by atoms with van der Waals surface area (Å²) >= 11 is 0. The van der Waals surface area contributed by atoms with Gasteiger partial charge in [0.1, 0.15) is 11.5 Å². The highest BCUT2D eigenvalue weighted by atomic mass is 16.1. The monoisotopic (exact) mass is 350 g/mol. The fourth-order valence-electron chi connectivity index (χ4n) is 3.06. The number of azo groups is 2. The molecule has 8 heteroatoms. The molecule has 0 saturated carbocycles. The van der Waals surface area contributed by atoms with Crippen LogP contribution in [0.2, 0.25) is 0 Å². The second-order valence-corrected chi connectivity index (χ2v) is 6.41. The van der Waals surface area contributed by atoms with E-state index in [2.05, 4.69) is 25.4 Å². The summed E-state index contributed by atoms with van der Waals surface area (Å²) < 4.78 is 1.71. The molecule has 0 spiro atoms. The molecule has 0 fully saturated rings. The molecule has 1 unspecified atom stereocenters. The summed E-state index contributed by atoms with van der Waals surface area (Å²) in [5, 5.41) is 8.85. The van der Waals surface area contributed by atoms with Crippen LogP contribution in [0, 0.1) is 0 Å². The molecule has 26 heavy (non-hydrogen) atoms. The molecule has 132 valence electrons. The number of rotatable bonds is 4. The lowest BCUT2D eigenvalue weighted by Crippen LogP contribution is -2.22. The van der Waals surface area contributed by atoms with Gasteiger partial charge in [-0.05, 0) is 23.3 Å². The van der Waals surface area contributed by atoms with Gasteiger partial charge in [0.05, 0.1) is 16.9 Å². The number of H-pyrrole nitrogens is 2. The third kappa shape index (κ3) is 2.75. The van der Waals surface area contributed by atoms with E-state index >= 15 is 0 Å². The van der Waals surface area contributed by atoms with Crippen LogP contribution in [0.1, 0.15) is 11.6 Å². The molecule has 8 nitrogen and oxygen atoms in total. The van der Waals surface area contributed by atoms with Crippen LogP contribution in [0.4, 0.5) is 17.2 Å². The summed E-state index contributed by atoms with van der Waals surface area (Å²) in [6, 6.07) is 5.46. The quantitative estimate of drug-likeness (QED) is 0.631. The van der Waals surface area contributed by atoms with Crippen LogP contribution in [-0.2, 0) is 0 Å². The summed E-state index contributed by atoms with van der Waals surface area (Å²) in [5.41, 5.74) is 2.97. The highest BCUT2D eigenvalue weighted by Crippen LogP contribution is 2.31. The summed E-state index contributed by atoms with van der Waals surface area (Å²) in [6.45, 7) is 0. The Labute approximate surface area is 149 Å². The average Bonchev–Trinajstić information content (AvgIpc) is 3.25. The van der Waals surface area contributed by atoms with Crippen molar-refractivity contribution >= 4 is 28.2 Å². The number of fused-ring (bicyclic) bond motifs is 1. The Hall–Kier alpha value is -3.42. The van der Waals surface area contributed by atoms with Gasteiger partial charge in [0.15, 0.2) is 19.3 Å². The van der Waals surface area contributed by atoms with Crippen LogP contribution < -0.4 is 15.8 Å². The van der Waals surface area contributed by atoms with Gasteiger partial charge in [-0.1, -0.05) is 4.70 Å². The SMILES string of the molecule is CN(C)c1[nH]c(=O)c(C2C=C[N+](C)=N2)cc1Nc1ccnc2[nH]ccc12. The second kappa shape index (κ2) is 6.14. The van der Waals surface area contributed by atoms with Gasteiger partial charge >= 0.3 is 0 Å². The lowest BCUT2D eigenvalue weighted by Gasteiger charge is -2.19. The van der Waals surface area contributed by atoms with Crippen molar-refractivity contribution in [3.8, 4) is 0 Å². The molecule has 1 aliphatic heterocycles. The highest BCUT2D eigenvalue weighted by molar-refractivity contribution is 5.92. The third-order valence-corrected chi connectivity index (χ3v) is 4.34. The van der Waals surface area contributed by atoms with Crippen LogP contribution in [0.5, 0.6) is 0 Å². The summed E-state index contributed by atoms with van der Waals surface area (Å²) in [5.74, 6) is 0.703. The zero-order valence-electron chi connectivity index (χ0n) is 14.8. The maximum absolute atomic E-state index is 12.6. The third-order valence-electron chi connectivity index (χ3n) is 4.34. The van der Waals surface area contributed by atoms with Gasteiger partial charge in [0.25, 0.3) is 5.56 Å². The number of pyridine rings is 2. The molecule has 0 radical (unpaired) electrons. The molecule has 0 aromatic carbocycles. The van der Waals surface area contributed by atoms with E-state index in [1.54, 1.807) is 10.9 Å². The lowest BCUT2D eigenvalue weighted by atomic mass is 10.1. The topological polar surface area (TPSA) is 92.2 Å². The Morgan fingerprint density at radius 1 is 1.27 bits per heavy atom. The van der Waals surface area contributed by atoms with Crippen molar-refractivity contribution < 1.29 is 4.70 Å². The number of nitrogens with one attached hydrogen (secondary N) is 3. The van der Waals surface area contributed by atoms with Crippen molar-refractivity contribution in [3.05, 3.63) is 58.8 Å². The predicted molar refractivity (Wildman–Crippen MR) is 101 cm³/mol. The molecule has 3 N–H and O–H groups in total. The Balaban J connectivity index is 1.82. The van der Waals surface area contributed by atoms with Gasteiger partial charge in [-0.25, -0.2) is 4.98 Å². The van der Waals surface area contributed by atoms with E-state index in [1.165, 1.54) is 0 Å². The van der Waals surface area contributed by atoms with E-state index in [0.29, 0.717) is 11.4 Å². The Bertz CT molecular complexity index is 1090. The fourth-order valence-corrected chi connectivity index (χ4v) is 3.06. The van der Waals surface area contributed by atoms with Crippen molar-refractivity contribution in [2.75, 3.05) is 31.4 Å². The van der Waals surface area contributed by atoms with E-state index in [0.717, 1.165) is 22.4 Å². The zero-order valence-corrected chi connectivity index (χ0v) is 14.8. The summed E-state index contributed by atoms with van der Waals surface area (Å²) in [6.07, 6.45) is 7.35. The first-order valence-electron chi connectivity index (χ1n) is 8.28. The Morgan fingerprint density at radius 2 is 2.12 bits per heavy atom. The number of aromatic amines is 2. The normalized spacial score (nSPS) is 16.1. The van der Waals surface area contributed by atoms with Crippen LogP contribution in [0.25, 0.3) is 11.0 Å². The van der Waals surface area contributed by atoms with E-state index in [-0.39, 0.29) is 11.6 Å². The molecule has 3 aromatic heterocycles. The summed E-state index contributed by atoms with van der Waals surface area (Å²) in [4.78, 5) is 24.8. The first-order chi connectivity index (χ1) is 12.5. The zero-order chi connectivity index (χ0) is 18.3. The number of hydrogen-bond donors (Lipinski definition) is 3. The van der Waals surface area contributed by atoms with Gasteiger partial charge < -0.3 is 20.2 Å². The van der Waals surface area contributed by atoms with Gasteiger partial charge in [-0.3, -0.25) is 4.79 Å². The molecular weight excluding hydrogens is 330 g/mol. The van der Waals surface area contributed by atoms with E-state index in [9.17, 15) is 4.79 Å². The molecule has 3 aromatic rings. The van der Waals surface area contributed by atoms with Crippen LogP contribution in [0.15, 0.2) is 52.8 Å². The van der Waals surface area contributed by atoms with Gasteiger partial charge in [0, 0.05) is 38.0 Å². The highest BCUT2D eigenvalue weighted by Gasteiger charge is 2.23. The lowest BCUT2D eigenvalue weighted by molar-refractivity contribution is -0.493. The van der Waals surface area contributed by atoms with Crippen molar-refractivity contribution in [3.63, 3.8) is 0 Å². The first-order valence-corrected chi connectivity index (χ1v) is 8.28. The van der Waals surface area contributed by atoms with Crippen molar-refractivity contribution in [2.24, 2.45) is 5.11 Å². The molecule has 4 rings (SSSR count). The smallest absolute Gasteiger partial charge is 0.255 e. The van der Waals surface area contributed by atoms with Gasteiger partial charge in [-0.15, -0.1) is 0 Å². The Morgan fingerprint density at radius 3 is 2.85 bits per heavy atom. The van der Waals surface area contributed by atoms with Crippen molar-refractivity contribution in [1.82, 2.24) is 15.0 Å². The molecule has 1 atom stereocenters. The van der Waals surface area contributed by atoms with Crippen LogP contribution >= 0.6 is 0 Å². The average molecular weight is 350 g/mol. The van der Waals surface area contributed by atoms with Gasteiger partial charge in [0.2, 0.25) is 0 Å². The number of hydrogen-bond acceptors (Lipinski definition) is 5. The molecule has 0 amide bonds. The molecule has 0 aliphatic carbocycles. The minimum atomic E-state index is -0.287.